The summed E-state index contributed by atoms with van der Waals surface area (Å²) in [6.07, 6.45) is 2.78. The maximum absolute atomic E-state index is 8.69. The average molecular weight is 222 g/mol. The van der Waals surface area contributed by atoms with Crippen molar-refractivity contribution < 1.29 is 0 Å². The normalized spacial score (nSPS) is 12.7. The highest BCUT2D eigenvalue weighted by molar-refractivity contribution is 7.09. The molecule has 15 heavy (non-hydrogen) atoms. The molecule has 0 N–H and O–H groups in total. The minimum Gasteiger partial charge on any atom is -0.302 e. The van der Waals surface area contributed by atoms with Crippen molar-refractivity contribution in [2.75, 3.05) is 13.6 Å². The fourth-order valence-electron chi connectivity index (χ4n) is 1.64. The van der Waals surface area contributed by atoms with Crippen LogP contribution >= 0.6 is 11.3 Å². The second-order valence-corrected chi connectivity index (χ2v) is 4.77. The number of likely N-dealkylation sites (N-methyl/N-ethyl adjacent to an activating group) is 1. The van der Waals surface area contributed by atoms with E-state index >= 15 is 0 Å². The Hall–Kier alpha value is -0.850. The lowest BCUT2D eigenvalue weighted by atomic mass is 10.1. The number of nitrogens with zero attached hydrogens (tertiary/aromatic N) is 2. The second-order valence-electron chi connectivity index (χ2n) is 3.73. The van der Waals surface area contributed by atoms with Gasteiger partial charge < -0.3 is 4.90 Å². The van der Waals surface area contributed by atoms with Crippen LogP contribution in [0.3, 0.4) is 0 Å². The summed E-state index contributed by atoms with van der Waals surface area (Å²) in [7, 11) is 2.11. The molecule has 1 heterocycles. The van der Waals surface area contributed by atoms with Gasteiger partial charge in [0.05, 0.1) is 12.5 Å². The van der Waals surface area contributed by atoms with Crippen LogP contribution in [0.5, 0.6) is 0 Å². The molecule has 0 aliphatic heterocycles. The number of rotatable bonds is 6. The summed E-state index contributed by atoms with van der Waals surface area (Å²) >= 11 is 1.81. The third-order valence-electron chi connectivity index (χ3n) is 2.71. The van der Waals surface area contributed by atoms with Gasteiger partial charge in [0.1, 0.15) is 0 Å². The number of hydrogen-bond donors (Lipinski definition) is 0. The highest BCUT2D eigenvalue weighted by atomic mass is 32.1. The van der Waals surface area contributed by atoms with Crippen molar-refractivity contribution >= 4 is 11.3 Å². The molecule has 0 radical (unpaired) electrons. The Morgan fingerprint density at radius 3 is 2.93 bits per heavy atom. The zero-order valence-corrected chi connectivity index (χ0v) is 10.3. The minimum absolute atomic E-state index is 0.412. The first-order valence-corrected chi connectivity index (χ1v) is 6.25. The highest BCUT2D eigenvalue weighted by Crippen LogP contribution is 2.12. The van der Waals surface area contributed by atoms with E-state index in [0.717, 1.165) is 19.4 Å². The third-order valence-corrected chi connectivity index (χ3v) is 3.65. The van der Waals surface area contributed by atoms with E-state index in [-0.39, 0.29) is 0 Å². The molecule has 2 nitrogen and oxygen atoms in total. The number of nitriles is 1. The van der Waals surface area contributed by atoms with E-state index in [9.17, 15) is 0 Å². The van der Waals surface area contributed by atoms with Crippen LogP contribution in [0.1, 0.15) is 24.6 Å². The molecule has 82 valence electrons. The van der Waals surface area contributed by atoms with E-state index in [1.165, 1.54) is 4.88 Å². The molecule has 1 aromatic heterocycles. The minimum atomic E-state index is 0.412. The molecule has 0 amide bonds. The van der Waals surface area contributed by atoms with Gasteiger partial charge in [-0.3, -0.25) is 0 Å². The molecular weight excluding hydrogens is 204 g/mol. The van der Waals surface area contributed by atoms with Crippen molar-refractivity contribution in [1.82, 2.24) is 4.90 Å². The van der Waals surface area contributed by atoms with Crippen LogP contribution in [0.4, 0.5) is 0 Å². The largest absolute Gasteiger partial charge is 0.302 e. The summed E-state index contributed by atoms with van der Waals surface area (Å²) in [6, 6.07) is 6.93. The summed E-state index contributed by atoms with van der Waals surface area (Å²) < 4.78 is 0. The summed E-state index contributed by atoms with van der Waals surface area (Å²) in [5.74, 6) is 0. The van der Waals surface area contributed by atoms with Gasteiger partial charge in [0.2, 0.25) is 0 Å². The van der Waals surface area contributed by atoms with E-state index < -0.39 is 0 Å². The average Bonchev–Trinajstić information content (AvgIpc) is 2.75. The van der Waals surface area contributed by atoms with Crippen LogP contribution in [0.15, 0.2) is 17.5 Å². The van der Waals surface area contributed by atoms with Gasteiger partial charge in [-0.05, 0) is 31.3 Å². The molecule has 0 aliphatic carbocycles. The maximum Gasteiger partial charge on any atom is 0.0638 e. The predicted octanol–water partition coefficient (Wildman–Crippen LogP) is 2.91. The van der Waals surface area contributed by atoms with Crippen molar-refractivity contribution in [3.8, 4) is 6.07 Å². The number of hydrogen-bond acceptors (Lipinski definition) is 3. The van der Waals surface area contributed by atoms with E-state index in [4.69, 9.17) is 5.26 Å². The van der Waals surface area contributed by atoms with Gasteiger partial charge >= 0.3 is 0 Å². The second kappa shape index (κ2) is 6.60. The van der Waals surface area contributed by atoms with Gasteiger partial charge in [-0.25, -0.2) is 0 Å². The van der Waals surface area contributed by atoms with Crippen molar-refractivity contribution in [3.63, 3.8) is 0 Å². The molecule has 0 aliphatic rings. The molecule has 1 atom stereocenters. The molecule has 1 rings (SSSR count). The van der Waals surface area contributed by atoms with Gasteiger partial charge in [0.15, 0.2) is 0 Å². The topological polar surface area (TPSA) is 27.0 Å². The van der Waals surface area contributed by atoms with Crippen molar-refractivity contribution in [2.24, 2.45) is 0 Å². The van der Waals surface area contributed by atoms with Gasteiger partial charge in [-0.1, -0.05) is 13.0 Å². The maximum atomic E-state index is 8.69. The zero-order chi connectivity index (χ0) is 11.1. The molecule has 0 saturated carbocycles. The van der Waals surface area contributed by atoms with E-state index in [0.29, 0.717) is 12.5 Å². The van der Waals surface area contributed by atoms with Crippen LogP contribution in [-0.2, 0) is 6.42 Å². The van der Waals surface area contributed by atoms with Gasteiger partial charge in [0, 0.05) is 17.5 Å². The molecule has 0 fully saturated rings. The lowest BCUT2D eigenvalue weighted by Crippen LogP contribution is -2.32. The summed E-state index contributed by atoms with van der Waals surface area (Å²) in [5.41, 5.74) is 0. The summed E-state index contributed by atoms with van der Waals surface area (Å²) in [5, 5.41) is 10.8. The van der Waals surface area contributed by atoms with Gasteiger partial charge in [-0.15, -0.1) is 11.3 Å². The Morgan fingerprint density at radius 2 is 2.40 bits per heavy atom. The molecule has 3 heteroatoms. The van der Waals surface area contributed by atoms with Crippen LogP contribution in [0.2, 0.25) is 0 Å². The van der Waals surface area contributed by atoms with Crippen molar-refractivity contribution in [2.45, 2.75) is 32.2 Å². The molecule has 1 unspecified atom stereocenters. The highest BCUT2D eigenvalue weighted by Gasteiger charge is 2.11. The van der Waals surface area contributed by atoms with Crippen LogP contribution in [-0.4, -0.2) is 24.5 Å². The monoisotopic (exact) mass is 222 g/mol. The van der Waals surface area contributed by atoms with E-state index in [1.807, 2.05) is 0 Å². The van der Waals surface area contributed by atoms with E-state index in [2.05, 4.69) is 42.5 Å². The zero-order valence-electron chi connectivity index (χ0n) is 9.44. The van der Waals surface area contributed by atoms with Crippen molar-refractivity contribution in [3.05, 3.63) is 22.4 Å². The smallest absolute Gasteiger partial charge is 0.0638 e. The molecular formula is C12H18N2S. The van der Waals surface area contributed by atoms with Crippen LogP contribution in [0.25, 0.3) is 0 Å². The number of thiophene rings is 1. The third kappa shape index (κ3) is 4.03. The Balaban J connectivity index is 2.34. The molecule has 0 bridgehead atoms. The fraction of sp³-hybridized carbons (Fsp3) is 0.583. The Bertz CT molecular complexity index is 300. The molecule has 0 saturated heterocycles. The summed E-state index contributed by atoms with van der Waals surface area (Å²) in [6.45, 7) is 3.18. The Labute approximate surface area is 96.1 Å². The first kappa shape index (κ1) is 12.2. The van der Waals surface area contributed by atoms with E-state index in [1.54, 1.807) is 11.3 Å². The molecule has 1 aromatic rings. The van der Waals surface area contributed by atoms with Crippen molar-refractivity contribution in [1.29, 1.82) is 5.26 Å². The lowest BCUT2D eigenvalue weighted by Gasteiger charge is -2.24. The van der Waals surface area contributed by atoms with Crippen LogP contribution in [0, 0.1) is 11.3 Å². The Kier molecular flexibility index (Phi) is 5.38. The van der Waals surface area contributed by atoms with Crippen LogP contribution < -0.4 is 0 Å². The SMILES string of the molecule is CCC(CC#N)N(C)CCc1cccs1. The first-order valence-electron chi connectivity index (χ1n) is 5.37. The fourth-order valence-corrected chi connectivity index (χ4v) is 2.34. The molecule has 0 aromatic carbocycles. The Morgan fingerprint density at radius 1 is 1.60 bits per heavy atom. The molecule has 0 spiro atoms. The summed E-state index contributed by atoms with van der Waals surface area (Å²) in [4.78, 5) is 3.72. The lowest BCUT2D eigenvalue weighted by molar-refractivity contribution is 0.242. The predicted molar refractivity (Wildman–Crippen MR) is 65.0 cm³/mol. The van der Waals surface area contributed by atoms with Gasteiger partial charge in [0.25, 0.3) is 0 Å². The van der Waals surface area contributed by atoms with Gasteiger partial charge in [-0.2, -0.15) is 5.26 Å². The quantitative estimate of drug-likeness (QED) is 0.740. The standard InChI is InChI=1S/C12H18N2S/c1-3-11(6-8-13)14(2)9-7-12-5-4-10-15-12/h4-5,10-11H,3,6-7,9H2,1-2H3. The first-order chi connectivity index (χ1) is 7.27.